The Hall–Kier alpha value is -4.78. The first-order chi connectivity index (χ1) is 19.3. The van der Waals surface area contributed by atoms with Crippen LogP contribution in [0.1, 0.15) is 51.1 Å². The molecule has 40 heavy (non-hydrogen) atoms. The van der Waals surface area contributed by atoms with Gasteiger partial charge in [-0.25, -0.2) is 4.39 Å². The molecule has 6 nitrogen and oxygen atoms in total. The molecule has 4 rings (SSSR count). The van der Waals surface area contributed by atoms with Gasteiger partial charge in [-0.1, -0.05) is 91.9 Å². The Bertz CT molecular complexity index is 1490. The van der Waals surface area contributed by atoms with Gasteiger partial charge < -0.3 is 15.3 Å². The summed E-state index contributed by atoms with van der Waals surface area (Å²) in [4.78, 5) is 40.1. The highest BCUT2D eigenvalue weighted by Crippen LogP contribution is 2.29. The van der Waals surface area contributed by atoms with Crippen molar-refractivity contribution in [2.24, 2.45) is 0 Å². The molecule has 0 saturated carbocycles. The summed E-state index contributed by atoms with van der Waals surface area (Å²) in [6.45, 7) is 2.39. The van der Waals surface area contributed by atoms with E-state index in [-0.39, 0.29) is 31.3 Å². The lowest BCUT2D eigenvalue weighted by molar-refractivity contribution is -0.137. The van der Waals surface area contributed by atoms with E-state index < -0.39 is 17.7 Å². The molecule has 1 unspecified atom stereocenters. The SMILES string of the molecule is CC(CN(CCC(=O)O)C(=O)c1ccccc1-c1ccccc1C(=O)NCc1ccccc1F)c1ccccc1. The Morgan fingerprint density at radius 1 is 0.800 bits per heavy atom. The molecule has 1 atom stereocenters. The van der Waals surface area contributed by atoms with E-state index in [9.17, 15) is 23.9 Å². The lowest BCUT2D eigenvalue weighted by atomic mass is 9.93. The van der Waals surface area contributed by atoms with E-state index in [0.717, 1.165) is 5.56 Å². The zero-order valence-corrected chi connectivity index (χ0v) is 22.2. The number of hydrogen-bond acceptors (Lipinski definition) is 3. The number of carbonyl (C=O) groups is 3. The number of carbonyl (C=O) groups excluding carboxylic acids is 2. The van der Waals surface area contributed by atoms with E-state index in [1.807, 2.05) is 37.3 Å². The van der Waals surface area contributed by atoms with Gasteiger partial charge in [-0.2, -0.15) is 0 Å². The van der Waals surface area contributed by atoms with E-state index in [1.165, 1.54) is 6.07 Å². The minimum Gasteiger partial charge on any atom is -0.481 e. The molecular formula is C33H31FN2O4. The summed E-state index contributed by atoms with van der Waals surface area (Å²) in [5.74, 6) is -2.14. The maximum atomic E-state index is 14.1. The van der Waals surface area contributed by atoms with E-state index in [1.54, 1.807) is 71.6 Å². The van der Waals surface area contributed by atoms with Gasteiger partial charge >= 0.3 is 5.97 Å². The number of halogens is 1. The summed E-state index contributed by atoms with van der Waals surface area (Å²) >= 11 is 0. The first-order valence-corrected chi connectivity index (χ1v) is 13.1. The fourth-order valence-electron chi connectivity index (χ4n) is 4.63. The summed E-state index contributed by atoms with van der Waals surface area (Å²) in [7, 11) is 0. The second kappa shape index (κ2) is 13.3. The summed E-state index contributed by atoms with van der Waals surface area (Å²) in [6, 6.07) is 29.9. The molecule has 4 aromatic carbocycles. The normalized spacial score (nSPS) is 11.4. The van der Waals surface area contributed by atoms with Crippen LogP contribution in [-0.2, 0) is 11.3 Å². The Morgan fingerprint density at radius 2 is 1.38 bits per heavy atom. The van der Waals surface area contributed by atoms with Crippen LogP contribution < -0.4 is 5.32 Å². The van der Waals surface area contributed by atoms with Crippen LogP contribution in [0, 0.1) is 5.82 Å². The van der Waals surface area contributed by atoms with Crippen LogP contribution in [-0.4, -0.2) is 40.9 Å². The average molecular weight is 539 g/mol. The summed E-state index contributed by atoms with van der Waals surface area (Å²) < 4.78 is 14.1. The molecule has 0 aliphatic heterocycles. The highest BCUT2D eigenvalue weighted by atomic mass is 19.1. The monoisotopic (exact) mass is 538 g/mol. The maximum absolute atomic E-state index is 14.1. The van der Waals surface area contributed by atoms with Crippen molar-refractivity contribution in [1.82, 2.24) is 10.2 Å². The molecule has 4 aromatic rings. The van der Waals surface area contributed by atoms with Crippen molar-refractivity contribution in [1.29, 1.82) is 0 Å². The molecule has 7 heteroatoms. The van der Waals surface area contributed by atoms with E-state index in [4.69, 9.17) is 0 Å². The van der Waals surface area contributed by atoms with Crippen molar-refractivity contribution in [3.8, 4) is 11.1 Å². The van der Waals surface area contributed by atoms with E-state index >= 15 is 0 Å². The van der Waals surface area contributed by atoms with Crippen LogP contribution in [0.15, 0.2) is 103 Å². The van der Waals surface area contributed by atoms with Crippen molar-refractivity contribution in [2.75, 3.05) is 13.1 Å². The van der Waals surface area contributed by atoms with Crippen LogP contribution in [0.5, 0.6) is 0 Å². The molecule has 0 aliphatic rings. The van der Waals surface area contributed by atoms with E-state index in [0.29, 0.717) is 34.4 Å². The van der Waals surface area contributed by atoms with Crippen molar-refractivity contribution in [3.63, 3.8) is 0 Å². The number of nitrogens with one attached hydrogen (secondary N) is 1. The third-order valence-corrected chi connectivity index (χ3v) is 6.76. The van der Waals surface area contributed by atoms with Crippen molar-refractivity contribution >= 4 is 17.8 Å². The first kappa shape index (κ1) is 28.2. The minimum absolute atomic E-state index is 0.0146. The lowest BCUT2D eigenvalue weighted by Gasteiger charge is -2.27. The maximum Gasteiger partial charge on any atom is 0.305 e. The van der Waals surface area contributed by atoms with Crippen LogP contribution in [0.25, 0.3) is 11.1 Å². The van der Waals surface area contributed by atoms with Gasteiger partial charge in [0.1, 0.15) is 5.82 Å². The largest absolute Gasteiger partial charge is 0.481 e. The Balaban J connectivity index is 1.63. The zero-order valence-electron chi connectivity index (χ0n) is 22.2. The van der Waals surface area contributed by atoms with Gasteiger partial charge in [-0.05, 0) is 40.8 Å². The molecule has 0 aliphatic carbocycles. The first-order valence-electron chi connectivity index (χ1n) is 13.1. The molecule has 0 heterocycles. The summed E-state index contributed by atoms with van der Waals surface area (Å²) in [6.07, 6.45) is -0.190. The third-order valence-electron chi connectivity index (χ3n) is 6.76. The van der Waals surface area contributed by atoms with Gasteiger partial charge in [0.25, 0.3) is 11.8 Å². The predicted molar refractivity (Wildman–Crippen MR) is 152 cm³/mol. The summed E-state index contributed by atoms with van der Waals surface area (Å²) in [5, 5.41) is 12.1. The second-order valence-electron chi connectivity index (χ2n) is 9.57. The number of benzene rings is 4. The number of nitrogens with zero attached hydrogens (tertiary/aromatic N) is 1. The molecule has 0 radical (unpaired) electrons. The quantitative estimate of drug-likeness (QED) is 0.240. The van der Waals surface area contributed by atoms with Crippen molar-refractivity contribution in [2.45, 2.75) is 25.8 Å². The molecule has 0 bridgehead atoms. The fraction of sp³-hybridized carbons (Fsp3) is 0.182. The molecular weight excluding hydrogens is 507 g/mol. The van der Waals surface area contributed by atoms with Crippen LogP contribution in [0.3, 0.4) is 0 Å². The van der Waals surface area contributed by atoms with Crippen molar-refractivity contribution < 1.29 is 23.9 Å². The predicted octanol–water partition coefficient (Wildman–Crippen LogP) is 6.14. The fourth-order valence-corrected chi connectivity index (χ4v) is 4.63. The summed E-state index contributed by atoms with van der Waals surface area (Å²) in [5.41, 5.74) is 3.21. The molecule has 0 saturated heterocycles. The molecule has 2 amide bonds. The van der Waals surface area contributed by atoms with Gasteiger partial charge in [0.15, 0.2) is 0 Å². The van der Waals surface area contributed by atoms with Crippen LogP contribution in [0.2, 0.25) is 0 Å². The molecule has 0 aromatic heterocycles. The van der Waals surface area contributed by atoms with E-state index in [2.05, 4.69) is 5.32 Å². The highest BCUT2D eigenvalue weighted by Gasteiger charge is 2.24. The molecule has 2 N–H and O–H groups in total. The minimum atomic E-state index is -0.990. The third kappa shape index (κ3) is 6.99. The number of carboxylic acids is 1. The molecule has 0 spiro atoms. The topological polar surface area (TPSA) is 86.7 Å². The van der Waals surface area contributed by atoms with Gasteiger partial charge in [0, 0.05) is 36.3 Å². The number of hydrogen-bond donors (Lipinski definition) is 2. The van der Waals surface area contributed by atoms with Crippen LogP contribution >= 0.6 is 0 Å². The second-order valence-corrected chi connectivity index (χ2v) is 9.57. The van der Waals surface area contributed by atoms with Gasteiger partial charge in [-0.15, -0.1) is 0 Å². The van der Waals surface area contributed by atoms with Gasteiger partial charge in [-0.3, -0.25) is 14.4 Å². The number of amides is 2. The smallest absolute Gasteiger partial charge is 0.305 e. The Morgan fingerprint density at radius 3 is 2.05 bits per heavy atom. The molecule has 204 valence electrons. The Kier molecular flexibility index (Phi) is 9.41. The van der Waals surface area contributed by atoms with Gasteiger partial charge in [0.2, 0.25) is 0 Å². The highest BCUT2D eigenvalue weighted by molar-refractivity contribution is 6.06. The number of rotatable bonds is 11. The van der Waals surface area contributed by atoms with Crippen molar-refractivity contribution in [3.05, 3.63) is 131 Å². The number of aliphatic carboxylic acids is 1. The Labute approximate surface area is 233 Å². The number of carboxylic acid groups (broad SMARTS) is 1. The lowest BCUT2D eigenvalue weighted by Crippen LogP contribution is -2.36. The average Bonchev–Trinajstić information content (AvgIpc) is 2.98. The standard InChI is InChI=1S/C33H31FN2O4/c1-23(24-11-3-2-4-12-24)22-36(20-19-31(37)38)33(40)29-17-9-7-15-27(29)26-14-6-8-16-28(26)32(39)35-21-25-13-5-10-18-30(25)34/h2-18,23H,19-22H2,1H3,(H,35,39)(H,37,38). The van der Waals surface area contributed by atoms with Crippen LogP contribution in [0.4, 0.5) is 4.39 Å². The van der Waals surface area contributed by atoms with Gasteiger partial charge in [0.05, 0.1) is 6.42 Å². The molecule has 0 fully saturated rings. The zero-order chi connectivity index (χ0) is 28.5.